The van der Waals surface area contributed by atoms with E-state index in [2.05, 4.69) is 58.6 Å². The predicted molar refractivity (Wildman–Crippen MR) is 97.0 cm³/mol. The van der Waals surface area contributed by atoms with Gasteiger partial charge in [0.2, 0.25) is 0 Å². The third-order valence-corrected chi connectivity index (χ3v) is 6.52. The van der Waals surface area contributed by atoms with Crippen molar-refractivity contribution in [2.45, 2.75) is 45.8 Å². The summed E-state index contributed by atoms with van der Waals surface area (Å²) in [5.41, 5.74) is 5.46. The van der Waals surface area contributed by atoms with Gasteiger partial charge in [0, 0.05) is 11.1 Å². The van der Waals surface area contributed by atoms with E-state index >= 15 is 0 Å². The van der Waals surface area contributed by atoms with E-state index in [-0.39, 0.29) is 11.2 Å². The van der Waals surface area contributed by atoms with Crippen molar-refractivity contribution in [2.24, 2.45) is 0 Å². The molecule has 0 saturated carbocycles. The van der Waals surface area contributed by atoms with E-state index in [0.29, 0.717) is 0 Å². The van der Waals surface area contributed by atoms with Crippen LogP contribution < -0.4 is 5.19 Å². The van der Waals surface area contributed by atoms with Crippen molar-refractivity contribution in [3.05, 3.63) is 53.1 Å². The summed E-state index contributed by atoms with van der Waals surface area (Å²) in [6, 6.07) is 12.5. The SMILES string of the molecule is CC(C)(C)c1ccc([Si](C)(C)C)c2c1-c1ccccc1C2=O. The molecule has 114 valence electrons. The zero-order valence-corrected chi connectivity index (χ0v) is 15.4. The number of rotatable bonds is 1. The summed E-state index contributed by atoms with van der Waals surface area (Å²) in [5, 5.41) is 1.29. The van der Waals surface area contributed by atoms with Gasteiger partial charge in [0.25, 0.3) is 0 Å². The zero-order valence-electron chi connectivity index (χ0n) is 14.4. The van der Waals surface area contributed by atoms with Crippen LogP contribution in [0.3, 0.4) is 0 Å². The minimum Gasteiger partial charge on any atom is -0.289 e. The maximum absolute atomic E-state index is 13.1. The predicted octanol–water partition coefficient (Wildman–Crippen LogP) is 4.74. The highest BCUT2D eigenvalue weighted by Gasteiger charge is 2.36. The second-order valence-electron chi connectivity index (χ2n) is 8.29. The highest BCUT2D eigenvalue weighted by Crippen LogP contribution is 2.42. The van der Waals surface area contributed by atoms with Crippen LogP contribution in [0, 0.1) is 0 Å². The quantitative estimate of drug-likeness (QED) is 0.593. The van der Waals surface area contributed by atoms with Crippen molar-refractivity contribution in [1.82, 2.24) is 0 Å². The molecular formula is C20H24OSi. The van der Waals surface area contributed by atoms with Crippen LogP contribution in [-0.2, 0) is 5.41 Å². The zero-order chi connectivity index (χ0) is 16.3. The second-order valence-corrected chi connectivity index (χ2v) is 13.3. The smallest absolute Gasteiger partial charge is 0.194 e. The van der Waals surface area contributed by atoms with Gasteiger partial charge in [-0.15, -0.1) is 0 Å². The highest BCUT2D eigenvalue weighted by atomic mass is 28.3. The lowest BCUT2D eigenvalue weighted by molar-refractivity contribution is 0.104. The van der Waals surface area contributed by atoms with E-state index < -0.39 is 8.07 Å². The van der Waals surface area contributed by atoms with Crippen molar-refractivity contribution in [3.8, 4) is 11.1 Å². The van der Waals surface area contributed by atoms with Gasteiger partial charge < -0.3 is 0 Å². The molecule has 0 bridgehead atoms. The molecule has 0 amide bonds. The fourth-order valence-corrected chi connectivity index (χ4v) is 4.97. The Kier molecular flexibility index (Phi) is 3.23. The van der Waals surface area contributed by atoms with Crippen molar-refractivity contribution >= 4 is 19.0 Å². The van der Waals surface area contributed by atoms with E-state index in [1.165, 1.54) is 16.3 Å². The molecule has 0 spiro atoms. The number of fused-ring (bicyclic) bond motifs is 3. The van der Waals surface area contributed by atoms with Crippen molar-refractivity contribution in [2.75, 3.05) is 0 Å². The normalized spacial score (nSPS) is 14.0. The molecule has 1 aliphatic carbocycles. The minimum atomic E-state index is -1.57. The average Bonchev–Trinajstić information content (AvgIpc) is 2.71. The van der Waals surface area contributed by atoms with Crippen LogP contribution in [0.15, 0.2) is 36.4 Å². The van der Waals surface area contributed by atoms with Gasteiger partial charge in [-0.25, -0.2) is 0 Å². The Balaban J connectivity index is 2.44. The molecule has 0 N–H and O–H groups in total. The maximum atomic E-state index is 13.1. The summed E-state index contributed by atoms with van der Waals surface area (Å²) in [6.07, 6.45) is 0. The first-order valence-corrected chi connectivity index (χ1v) is 11.4. The van der Waals surface area contributed by atoms with Gasteiger partial charge in [-0.2, -0.15) is 0 Å². The number of ketones is 1. The van der Waals surface area contributed by atoms with Crippen molar-refractivity contribution < 1.29 is 4.79 Å². The van der Waals surface area contributed by atoms with Gasteiger partial charge in [0.1, 0.15) is 0 Å². The van der Waals surface area contributed by atoms with Crippen LogP contribution >= 0.6 is 0 Å². The summed E-state index contributed by atoms with van der Waals surface area (Å²) in [5.74, 6) is 0.217. The van der Waals surface area contributed by atoms with E-state index in [1.54, 1.807) is 0 Å². The molecule has 2 aromatic rings. The summed E-state index contributed by atoms with van der Waals surface area (Å²) in [4.78, 5) is 13.1. The molecule has 0 saturated heterocycles. The Labute approximate surface area is 134 Å². The second kappa shape index (κ2) is 4.66. The summed E-state index contributed by atoms with van der Waals surface area (Å²) in [6.45, 7) is 13.6. The standard InChI is InChI=1S/C20H24OSi/c1-20(2,3)15-11-12-16(22(4,5)6)18-17(15)13-9-7-8-10-14(13)19(18)21/h7-12H,1-6H3. The molecule has 0 aromatic heterocycles. The Morgan fingerprint density at radius 2 is 1.41 bits per heavy atom. The Hall–Kier alpha value is -1.67. The monoisotopic (exact) mass is 308 g/mol. The molecular weight excluding hydrogens is 284 g/mol. The largest absolute Gasteiger partial charge is 0.289 e. The lowest BCUT2D eigenvalue weighted by atomic mass is 9.81. The molecule has 0 unspecified atom stereocenters. The van der Waals surface area contributed by atoms with Crippen molar-refractivity contribution in [1.29, 1.82) is 0 Å². The first-order valence-electron chi connectivity index (χ1n) is 7.94. The molecule has 3 rings (SSSR count). The van der Waals surface area contributed by atoms with Gasteiger partial charge in [-0.1, -0.05) is 76.8 Å². The lowest BCUT2D eigenvalue weighted by Crippen LogP contribution is -2.41. The van der Waals surface area contributed by atoms with Crippen LogP contribution in [-0.4, -0.2) is 13.9 Å². The fraction of sp³-hybridized carbons (Fsp3) is 0.350. The van der Waals surface area contributed by atoms with Gasteiger partial charge in [0.15, 0.2) is 5.78 Å². The summed E-state index contributed by atoms with van der Waals surface area (Å²) >= 11 is 0. The van der Waals surface area contributed by atoms with Crippen LogP contribution in [0.4, 0.5) is 0 Å². The average molecular weight is 308 g/mol. The van der Waals surface area contributed by atoms with E-state index in [9.17, 15) is 4.79 Å². The van der Waals surface area contributed by atoms with Gasteiger partial charge in [-0.3, -0.25) is 4.79 Å². The third kappa shape index (κ3) is 2.17. The molecule has 0 radical (unpaired) electrons. The van der Waals surface area contributed by atoms with Crippen LogP contribution in [0.25, 0.3) is 11.1 Å². The minimum absolute atomic E-state index is 0.0276. The van der Waals surface area contributed by atoms with E-state index in [4.69, 9.17) is 0 Å². The highest BCUT2D eigenvalue weighted by molar-refractivity contribution is 6.89. The topological polar surface area (TPSA) is 17.1 Å². The Morgan fingerprint density at radius 1 is 0.818 bits per heavy atom. The van der Waals surface area contributed by atoms with Crippen LogP contribution in [0.1, 0.15) is 42.3 Å². The van der Waals surface area contributed by atoms with Crippen molar-refractivity contribution in [3.63, 3.8) is 0 Å². The molecule has 1 nitrogen and oxygen atoms in total. The molecule has 0 aliphatic heterocycles. The molecule has 0 atom stereocenters. The fourth-order valence-electron chi connectivity index (χ4n) is 3.40. The first kappa shape index (κ1) is 15.2. The molecule has 0 fully saturated rings. The molecule has 2 heteroatoms. The maximum Gasteiger partial charge on any atom is 0.194 e. The van der Waals surface area contributed by atoms with Gasteiger partial charge >= 0.3 is 0 Å². The van der Waals surface area contributed by atoms with Gasteiger partial charge in [-0.05, 0) is 27.3 Å². The van der Waals surface area contributed by atoms with Gasteiger partial charge in [0.05, 0.1) is 8.07 Å². The Bertz CT molecular complexity index is 773. The molecule has 0 heterocycles. The Morgan fingerprint density at radius 3 is 1.95 bits per heavy atom. The number of hydrogen-bond acceptors (Lipinski definition) is 1. The number of benzene rings is 2. The molecule has 1 aliphatic rings. The molecule has 2 aromatic carbocycles. The summed E-state index contributed by atoms with van der Waals surface area (Å²) in [7, 11) is -1.57. The van der Waals surface area contributed by atoms with Crippen LogP contribution in [0.2, 0.25) is 19.6 Å². The number of hydrogen-bond donors (Lipinski definition) is 0. The number of carbonyl (C=O) groups is 1. The van der Waals surface area contributed by atoms with E-state index in [1.807, 2.05) is 18.2 Å². The molecule has 22 heavy (non-hydrogen) atoms. The third-order valence-electron chi connectivity index (χ3n) is 4.49. The number of carbonyl (C=O) groups excluding carboxylic acids is 1. The van der Waals surface area contributed by atoms with E-state index in [0.717, 1.165) is 16.7 Å². The first-order chi connectivity index (χ1) is 10.1. The lowest BCUT2D eigenvalue weighted by Gasteiger charge is -2.27. The summed E-state index contributed by atoms with van der Waals surface area (Å²) < 4.78 is 0. The van der Waals surface area contributed by atoms with Crippen LogP contribution in [0.5, 0.6) is 0 Å².